The highest BCUT2D eigenvalue weighted by Gasteiger charge is 2.23. The second-order valence-electron chi connectivity index (χ2n) is 6.60. The lowest BCUT2D eigenvalue weighted by molar-refractivity contribution is 0.174. The molecule has 0 atom stereocenters. The maximum absolute atomic E-state index is 5.48. The Kier molecular flexibility index (Phi) is 4.25. The standard InChI is InChI=1S/C18H20N6O2S/c1-27-18-15-16(21-22-18)19-10-20-17(15)24-6-4-23(5-7-24)9-12-2-3-13-14(8-12)26-11-25-13/h2-3,8,10H,4-7,9,11H2,1H3,(H,19,20,21,22). The topological polar surface area (TPSA) is 79.4 Å². The van der Waals surface area contributed by atoms with Crippen molar-refractivity contribution in [1.29, 1.82) is 0 Å². The molecule has 1 saturated heterocycles. The Labute approximate surface area is 160 Å². The van der Waals surface area contributed by atoms with E-state index >= 15 is 0 Å². The molecule has 3 aromatic rings. The molecule has 140 valence electrons. The third-order valence-electron chi connectivity index (χ3n) is 5.01. The molecule has 5 rings (SSSR count). The van der Waals surface area contributed by atoms with Gasteiger partial charge in [-0.1, -0.05) is 6.07 Å². The van der Waals surface area contributed by atoms with Gasteiger partial charge in [-0.2, -0.15) is 5.10 Å². The molecule has 2 aliphatic rings. The maximum Gasteiger partial charge on any atom is 0.231 e. The average molecular weight is 384 g/mol. The molecule has 27 heavy (non-hydrogen) atoms. The zero-order chi connectivity index (χ0) is 18.2. The van der Waals surface area contributed by atoms with Gasteiger partial charge in [0.05, 0.1) is 5.39 Å². The number of anilines is 1. The lowest BCUT2D eigenvalue weighted by atomic mass is 10.1. The third-order valence-corrected chi connectivity index (χ3v) is 5.69. The van der Waals surface area contributed by atoms with E-state index in [2.05, 4.69) is 42.1 Å². The van der Waals surface area contributed by atoms with Gasteiger partial charge < -0.3 is 14.4 Å². The summed E-state index contributed by atoms with van der Waals surface area (Å²) < 4.78 is 10.9. The number of H-pyrrole nitrogens is 1. The number of nitrogens with one attached hydrogen (secondary N) is 1. The number of rotatable bonds is 4. The highest BCUT2D eigenvalue weighted by molar-refractivity contribution is 7.98. The van der Waals surface area contributed by atoms with Crippen molar-refractivity contribution in [2.75, 3.05) is 44.1 Å². The van der Waals surface area contributed by atoms with Crippen LogP contribution in [0.15, 0.2) is 29.6 Å². The van der Waals surface area contributed by atoms with Gasteiger partial charge in [0.25, 0.3) is 0 Å². The summed E-state index contributed by atoms with van der Waals surface area (Å²) in [6.45, 7) is 5.03. The van der Waals surface area contributed by atoms with Crippen molar-refractivity contribution < 1.29 is 9.47 Å². The van der Waals surface area contributed by atoms with Crippen LogP contribution in [0.5, 0.6) is 11.5 Å². The molecule has 1 aromatic carbocycles. The van der Waals surface area contributed by atoms with Crippen LogP contribution in [0.25, 0.3) is 11.0 Å². The van der Waals surface area contributed by atoms with Crippen LogP contribution < -0.4 is 14.4 Å². The van der Waals surface area contributed by atoms with Crippen molar-refractivity contribution in [1.82, 2.24) is 25.1 Å². The van der Waals surface area contributed by atoms with Crippen molar-refractivity contribution in [3.8, 4) is 11.5 Å². The van der Waals surface area contributed by atoms with E-state index in [9.17, 15) is 0 Å². The molecule has 2 aromatic heterocycles. The van der Waals surface area contributed by atoms with Gasteiger partial charge in [-0.15, -0.1) is 11.8 Å². The van der Waals surface area contributed by atoms with Gasteiger partial charge in [-0.25, -0.2) is 9.97 Å². The largest absolute Gasteiger partial charge is 0.454 e. The van der Waals surface area contributed by atoms with Crippen LogP contribution in [-0.2, 0) is 6.54 Å². The Balaban J connectivity index is 1.29. The molecule has 0 spiro atoms. The first-order valence-electron chi connectivity index (χ1n) is 8.91. The smallest absolute Gasteiger partial charge is 0.231 e. The van der Waals surface area contributed by atoms with E-state index in [1.807, 2.05) is 12.3 Å². The highest BCUT2D eigenvalue weighted by Crippen LogP contribution is 2.33. The Morgan fingerprint density at radius 3 is 2.81 bits per heavy atom. The van der Waals surface area contributed by atoms with Gasteiger partial charge in [0.15, 0.2) is 17.1 Å². The van der Waals surface area contributed by atoms with Crippen LogP contribution in [-0.4, -0.2) is 64.3 Å². The molecule has 1 fully saturated rings. The van der Waals surface area contributed by atoms with Crippen molar-refractivity contribution in [2.24, 2.45) is 0 Å². The summed E-state index contributed by atoms with van der Waals surface area (Å²) in [5, 5.41) is 9.31. The van der Waals surface area contributed by atoms with Gasteiger partial charge in [0.2, 0.25) is 6.79 Å². The molecule has 0 aliphatic carbocycles. The first-order valence-corrected chi connectivity index (χ1v) is 10.1. The number of aromatic amines is 1. The average Bonchev–Trinajstić information content (AvgIpc) is 3.34. The van der Waals surface area contributed by atoms with Gasteiger partial charge in [0.1, 0.15) is 17.2 Å². The van der Waals surface area contributed by atoms with E-state index in [-0.39, 0.29) is 0 Å². The van der Waals surface area contributed by atoms with Crippen molar-refractivity contribution in [3.63, 3.8) is 0 Å². The van der Waals surface area contributed by atoms with Crippen LogP contribution in [0.3, 0.4) is 0 Å². The summed E-state index contributed by atoms with van der Waals surface area (Å²) in [4.78, 5) is 13.6. The van der Waals surface area contributed by atoms with Crippen molar-refractivity contribution >= 4 is 28.6 Å². The fourth-order valence-electron chi connectivity index (χ4n) is 3.62. The molecular weight excluding hydrogens is 364 g/mol. The quantitative estimate of drug-likeness (QED) is 0.686. The Bertz CT molecular complexity index is 970. The molecule has 0 unspecified atom stereocenters. The summed E-state index contributed by atoms with van der Waals surface area (Å²) in [6, 6.07) is 6.19. The Morgan fingerprint density at radius 2 is 1.96 bits per heavy atom. The summed E-state index contributed by atoms with van der Waals surface area (Å²) in [5.74, 6) is 2.65. The zero-order valence-electron chi connectivity index (χ0n) is 15.0. The molecule has 9 heteroatoms. The highest BCUT2D eigenvalue weighted by atomic mass is 32.2. The van der Waals surface area contributed by atoms with Crippen LogP contribution in [0.2, 0.25) is 0 Å². The third kappa shape index (κ3) is 3.06. The van der Waals surface area contributed by atoms with E-state index in [4.69, 9.17) is 9.47 Å². The predicted molar refractivity (Wildman–Crippen MR) is 104 cm³/mol. The van der Waals surface area contributed by atoms with Crippen LogP contribution in [0.4, 0.5) is 5.82 Å². The monoisotopic (exact) mass is 384 g/mol. The van der Waals surface area contributed by atoms with Gasteiger partial charge in [-0.05, 0) is 24.0 Å². The first-order chi connectivity index (χ1) is 13.3. The normalized spacial score (nSPS) is 17.0. The molecule has 0 amide bonds. The molecule has 0 bridgehead atoms. The van der Waals surface area contributed by atoms with Crippen LogP contribution in [0.1, 0.15) is 5.56 Å². The molecular formula is C18H20N6O2S. The van der Waals surface area contributed by atoms with Gasteiger partial charge >= 0.3 is 0 Å². The minimum absolute atomic E-state index is 0.316. The molecule has 0 saturated carbocycles. The summed E-state index contributed by atoms with van der Waals surface area (Å²) in [7, 11) is 0. The fraction of sp³-hybridized carbons (Fsp3) is 0.389. The molecule has 2 aliphatic heterocycles. The number of nitrogens with zero attached hydrogens (tertiary/aromatic N) is 5. The minimum Gasteiger partial charge on any atom is -0.454 e. The number of hydrogen-bond donors (Lipinski definition) is 1. The molecule has 4 heterocycles. The number of hydrogen-bond acceptors (Lipinski definition) is 8. The van der Waals surface area contributed by atoms with Gasteiger partial charge in [0, 0.05) is 32.7 Å². The second-order valence-corrected chi connectivity index (χ2v) is 7.40. The van der Waals surface area contributed by atoms with E-state index in [0.29, 0.717) is 6.79 Å². The second kappa shape index (κ2) is 6.90. The number of thioether (sulfide) groups is 1. The van der Waals surface area contributed by atoms with E-state index in [1.54, 1.807) is 18.1 Å². The number of benzene rings is 1. The Morgan fingerprint density at radius 1 is 1.11 bits per heavy atom. The lowest BCUT2D eigenvalue weighted by Crippen LogP contribution is -2.46. The van der Waals surface area contributed by atoms with E-state index in [0.717, 1.165) is 66.1 Å². The summed E-state index contributed by atoms with van der Waals surface area (Å²) >= 11 is 1.61. The number of aromatic nitrogens is 4. The zero-order valence-corrected chi connectivity index (χ0v) is 15.8. The summed E-state index contributed by atoms with van der Waals surface area (Å²) in [5.41, 5.74) is 2.05. The van der Waals surface area contributed by atoms with Gasteiger partial charge in [-0.3, -0.25) is 10.00 Å². The Hall–Kier alpha value is -2.52. The number of ether oxygens (including phenoxy) is 2. The number of fused-ring (bicyclic) bond motifs is 2. The fourth-order valence-corrected chi connectivity index (χ4v) is 4.15. The maximum atomic E-state index is 5.48. The lowest BCUT2D eigenvalue weighted by Gasteiger charge is -2.35. The van der Waals surface area contributed by atoms with Crippen molar-refractivity contribution in [2.45, 2.75) is 11.6 Å². The molecule has 8 nitrogen and oxygen atoms in total. The minimum atomic E-state index is 0.316. The molecule has 0 radical (unpaired) electrons. The predicted octanol–water partition coefficient (Wildman–Crippen LogP) is 2.13. The van der Waals surface area contributed by atoms with Crippen LogP contribution >= 0.6 is 11.8 Å². The molecule has 1 N–H and O–H groups in total. The van der Waals surface area contributed by atoms with Crippen molar-refractivity contribution in [3.05, 3.63) is 30.1 Å². The van der Waals surface area contributed by atoms with E-state index in [1.165, 1.54) is 5.56 Å². The summed E-state index contributed by atoms with van der Waals surface area (Å²) in [6.07, 6.45) is 3.63. The van der Waals surface area contributed by atoms with Crippen LogP contribution in [0, 0.1) is 0 Å². The SMILES string of the molecule is CSc1n[nH]c2ncnc(N3CCN(Cc4ccc5c(c4)OCO5)CC3)c12. The number of piperazine rings is 1. The first kappa shape index (κ1) is 16.6. The van der Waals surface area contributed by atoms with E-state index < -0.39 is 0 Å².